The highest BCUT2D eigenvalue weighted by Gasteiger charge is 2.25. The van der Waals surface area contributed by atoms with Crippen LogP contribution in [0.15, 0.2) is 0 Å². The lowest BCUT2D eigenvalue weighted by Crippen LogP contribution is -2.41. The molecule has 5 heteroatoms. The van der Waals surface area contributed by atoms with E-state index in [0.717, 1.165) is 17.9 Å². The van der Waals surface area contributed by atoms with Gasteiger partial charge >= 0.3 is 0 Å². The SMILES string of the molecule is Cc1nn(C)c(CC(C)(O)CNCC(C)C)c1Cl. The third-order valence-corrected chi connectivity index (χ3v) is 3.36. The minimum Gasteiger partial charge on any atom is -0.388 e. The molecule has 1 aromatic heterocycles. The summed E-state index contributed by atoms with van der Waals surface area (Å²) < 4.78 is 1.74. The summed E-state index contributed by atoms with van der Waals surface area (Å²) in [5, 5.41) is 18.6. The lowest BCUT2D eigenvalue weighted by molar-refractivity contribution is 0.0577. The van der Waals surface area contributed by atoms with Gasteiger partial charge in [-0.3, -0.25) is 4.68 Å². The van der Waals surface area contributed by atoms with Gasteiger partial charge in [-0.2, -0.15) is 5.10 Å². The van der Waals surface area contributed by atoms with Crippen LogP contribution in [0.25, 0.3) is 0 Å². The van der Waals surface area contributed by atoms with Crippen molar-refractivity contribution in [2.24, 2.45) is 13.0 Å². The quantitative estimate of drug-likeness (QED) is 0.833. The molecule has 1 atom stereocenters. The highest BCUT2D eigenvalue weighted by molar-refractivity contribution is 6.31. The second kappa shape index (κ2) is 6.04. The normalized spacial score (nSPS) is 15.1. The Morgan fingerprint density at radius 3 is 2.56 bits per heavy atom. The van der Waals surface area contributed by atoms with Crippen molar-refractivity contribution in [3.8, 4) is 0 Å². The first-order valence-electron chi connectivity index (χ1n) is 6.34. The first kappa shape index (κ1) is 15.5. The molecule has 0 amide bonds. The molecule has 0 bridgehead atoms. The maximum atomic E-state index is 10.4. The van der Waals surface area contributed by atoms with Crippen molar-refractivity contribution in [3.05, 3.63) is 16.4 Å². The Balaban J connectivity index is 2.64. The summed E-state index contributed by atoms with van der Waals surface area (Å²) in [6.45, 7) is 9.42. The fraction of sp³-hybridized carbons (Fsp3) is 0.769. The van der Waals surface area contributed by atoms with Gasteiger partial charge < -0.3 is 10.4 Å². The molecular weight excluding hydrogens is 250 g/mol. The summed E-state index contributed by atoms with van der Waals surface area (Å²) in [6, 6.07) is 0. The number of hydrogen-bond donors (Lipinski definition) is 2. The largest absolute Gasteiger partial charge is 0.388 e. The van der Waals surface area contributed by atoms with Gasteiger partial charge in [0, 0.05) is 20.0 Å². The van der Waals surface area contributed by atoms with Crippen LogP contribution >= 0.6 is 11.6 Å². The summed E-state index contributed by atoms with van der Waals surface area (Å²) in [6.07, 6.45) is 0.494. The van der Waals surface area contributed by atoms with Crippen LogP contribution in [-0.4, -0.2) is 33.6 Å². The third-order valence-electron chi connectivity index (χ3n) is 2.87. The van der Waals surface area contributed by atoms with Gasteiger partial charge in [-0.25, -0.2) is 0 Å². The Bertz CT molecular complexity index is 399. The van der Waals surface area contributed by atoms with Crippen molar-refractivity contribution >= 4 is 11.6 Å². The second-order valence-corrected chi connectivity index (χ2v) is 6.05. The second-order valence-electron chi connectivity index (χ2n) is 5.67. The first-order chi connectivity index (χ1) is 8.23. The Morgan fingerprint density at radius 2 is 2.11 bits per heavy atom. The monoisotopic (exact) mass is 273 g/mol. The number of aryl methyl sites for hydroxylation is 2. The number of aliphatic hydroxyl groups is 1. The Morgan fingerprint density at radius 1 is 1.50 bits per heavy atom. The van der Waals surface area contributed by atoms with Crippen molar-refractivity contribution in [1.29, 1.82) is 0 Å². The standard InChI is InChI=1S/C13H24ClN3O/c1-9(2)7-15-8-13(4,18)6-11-12(14)10(3)16-17(11)5/h9,15,18H,6-8H2,1-5H3. The van der Waals surface area contributed by atoms with Crippen LogP contribution in [0.5, 0.6) is 0 Å². The Hall–Kier alpha value is -0.580. The van der Waals surface area contributed by atoms with E-state index in [1.165, 1.54) is 0 Å². The summed E-state index contributed by atoms with van der Waals surface area (Å²) >= 11 is 6.19. The highest BCUT2D eigenvalue weighted by Crippen LogP contribution is 2.23. The predicted molar refractivity (Wildman–Crippen MR) is 75.0 cm³/mol. The van der Waals surface area contributed by atoms with Gasteiger partial charge in [0.05, 0.1) is 22.0 Å². The van der Waals surface area contributed by atoms with Crippen molar-refractivity contribution in [2.45, 2.75) is 39.7 Å². The molecule has 0 fully saturated rings. The van der Waals surface area contributed by atoms with Crippen LogP contribution in [0.1, 0.15) is 32.2 Å². The van der Waals surface area contributed by atoms with Crippen LogP contribution < -0.4 is 5.32 Å². The van der Waals surface area contributed by atoms with Crippen molar-refractivity contribution in [1.82, 2.24) is 15.1 Å². The van der Waals surface area contributed by atoms with Crippen LogP contribution in [0.4, 0.5) is 0 Å². The van der Waals surface area contributed by atoms with Crippen LogP contribution in [0.2, 0.25) is 5.02 Å². The van der Waals surface area contributed by atoms with Crippen LogP contribution in [-0.2, 0) is 13.5 Å². The molecule has 2 N–H and O–H groups in total. The summed E-state index contributed by atoms with van der Waals surface area (Å²) in [5.74, 6) is 0.573. The zero-order chi connectivity index (χ0) is 13.9. The molecule has 104 valence electrons. The first-order valence-corrected chi connectivity index (χ1v) is 6.72. The zero-order valence-corrected chi connectivity index (χ0v) is 12.7. The van der Waals surface area contributed by atoms with E-state index in [4.69, 9.17) is 11.6 Å². The van der Waals surface area contributed by atoms with Gasteiger partial charge in [-0.05, 0) is 26.3 Å². The molecular formula is C13H24ClN3O. The average Bonchev–Trinajstić information content (AvgIpc) is 2.44. The van der Waals surface area contributed by atoms with Crippen molar-refractivity contribution in [2.75, 3.05) is 13.1 Å². The minimum absolute atomic E-state index is 0.494. The summed E-state index contributed by atoms with van der Waals surface area (Å²) in [7, 11) is 1.85. The van der Waals surface area contributed by atoms with Crippen molar-refractivity contribution < 1.29 is 5.11 Å². The van der Waals surface area contributed by atoms with E-state index in [0.29, 0.717) is 23.9 Å². The molecule has 1 heterocycles. The van der Waals surface area contributed by atoms with E-state index in [1.54, 1.807) is 4.68 Å². The van der Waals surface area contributed by atoms with Gasteiger partial charge in [0.15, 0.2) is 0 Å². The van der Waals surface area contributed by atoms with Gasteiger partial charge in [0.25, 0.3) is 0 Å². The topological polar surface area (TPSA) is 50.1 Å². The molecule has 1 rings (SSSR count). The van der Waals surface area contributed by atoms with E-state index in [1.807, 2.05) is 20.9 Å². The van der Waals surface area contributed by atoms with E-state index in [9.17, 15) is 5.11 Å². The smallest absolute Gasteiger partial charge is 0.0848 e. The molecule has 4 nitrogen and oxygen atoms in total. The lowest BCUT2D eigenvalue weighted by atomic mass is 9.99. The molecule has 0 aliphatic carbocycles. The zero-order valence-electron chi connectivity index (χ0n) is 11.9. The maximum absolute atomic E-state index is 10.4. The van der Waals surface area contributed by atoms with Gasteiger partial charge in [-0.15, -0.1) is 0 Å². The molecule has 0 radical (unpaired) electrons. The molecule has 0 spiro atoms. The van der Waals surface area contributed by atoms with Crippen molar-refractivity contribution in [3.63, 3.8) is 0 Å². The van der Waals surface area contributed by atoms with Crippen LogP contribution in [0.3, 0.4) is 0 Å². The molecule has 0 aromatic carbocycles. The maximum Gasteiger partial charge on any atom is 0.0848 e. The number of rotatable bonds is 6. The fourth-order valence-corrected chi connectivity index (χ4v) is 2.15. The number of aromatic nitrogens is 2. The van der Waals surface area contributed by atoms with E-state index in [-0.39, 0.29) is 0 Å². The Kier molecular flexibility index (Phi) is 5.20. The number of nitrogens with one attached hydrogen (secondary N) is 1. The summed E-state index contributed by atoms with van der Waals surface area (Å²) in [5.41, 5.74) is 0.865. The number of halogens is 1. The van der Waals surface area contributed by atoms with E-state index < -0.39 is 5.60 Å². The molecule has 0 aliphatic rings. The Labute approximate surface area is 114 Å². The average molecular weight is 274 g/mol. The molecule has 18 heavy (non-hydrogen) atoms. The third kappa shape index (κ3) is 4.26. The number of hydrogen-bond acceptors (Lipinski definition) is 3. The number of nitrogens with zero attached hydrogens (tertiary/aromatic N) is 2. The molecule has 0 aliphatic heterocycles. The minimum atomic E-state index is -0.821. The van der Waals surface area contributed by atoms with Gasteiger partial charge in [0.2, 0.25) is 0 Å². The molecule has 1 aromatic rings. The fourth-order valence-electron chi connectivity index (χ4n) is 1.93. The van der Waals surface area contributed by atoms with Gasteiger partial charge in [0.1, 0.15) is 0 Å². The van der Waals surface area contributed by atoms with E-state index >= 15 is 0 Å². The molecule has 0 saturated carbocycles. The van der Waals surface area contributed by atoms with Gasteiger partial charge in [-0.1, -0.05) is 25.4 Å². The summed E-state index contributed by atoms with van der Waals surface area (Å²) in [4.78, 5) is 0. The highest BCUT2D eigenvalue weighted by atomic mass is 35.5. The van der Waals surface area contributed by atoms with Crippen LogP contribution in [0, 0.1) is 12.8 Å². The molecule has 1 unspecified atom stereocenters. The van der Waals surface area contributed by atoms with E-state index in [2.05, 4.69) is 24.3 Å². The lowest BCUT2D eigenvalue weighted by Gasteiger charge is -2.24. The predicted octanol–water partition coefficient (Wildman–Crippen LogP) is 1.92. The molecule has 0 saturated heterocycles.